The lowest BCUT2D eigenvalue weighted by Gasteiger charge is -1.99. The quantitative estimate of drug-likeness (QED) is 0.288. The Morgan fingerprint density at radius 1 is 0.588 bits per heavy atom. The molecule has 0 saturated heterocycles. The van der Waals surface area contributed by atoms with Gasteiger partial charge in [0, 0.05) is 24.0 Å². The summed E-state index contributed by atoms with van der Waals surface area (Å²) in [5, 5.41) is 29.0. The first-order valence-electron chi connectivity index (χ1n) is 11.2. The molecule has 34 heavy (non-hydrogen) atoms. The Bertz CT molecular complexity index is 1450. The summed E-state index contributed by atoms with van der Waals surface area (Å²) in [4.78, 5) is 1.67. The van der Waals surface area contributed by atoms with Gasteiger partial charge in [-0.05, 0) is 26.7 Å². The van der Waals surface area contributed by atoms with Crippen LogP contribution in [0.3, 0.4) is 0 Å². The maximum atomic E-state index is 4.77. The van der Waals surface area contributed by atoms with E-state index in [0.29, 0.717) is 0 Å². The minimum absolute atomic E-state index is 0.793. The summed E-state index contributed by atoms with van der Waals surface area (Å²) in [6.45, 7) is 4.15. The zero-order chi connectivity index (χ0) is 23.1. The molecule has 0 fully saturated rings. The first-order chi connectivity index (χ1) is 16.6. The third-order valence-electron chi connectivity index (χ3n) is 5.72. The smallest absolute Gasteiger partial charge is 0.183 e. The highest BCUT2D eigenvalue weighted by atomic mass is 32.1. The average Bonchev–Trinajstić information content (AvgIpc) is 3.59. The Kier molecular flexibility index (Phi) is 5.39. The van der Waals surface area contributed by atoms with Crippen LogP contribution in [0.1, 0.15) is 34.0 Å². The molecule has 4 heterocycles. The van der Waals surface area contributed by atoms with Crippen molar-refractivity contribution in [1.82, 2.24) is 39.6 Å². The van der Waals surface area contributed by atoms with Crippen molar-refractivity contribution in [3.63, 3.8) is 0 Å². The molecule has 0 N–H and O–H groups in total. The maximum Gasteiger partial charge on any atom is 0.234 e. The fourth-order valence-electron chi connectivity index (χ4n) is 3.83. The van der Waals surface area contributed by atoms with Crippen molar-refractivity contribution in [2.45, 2.75) is 39.5 Å². The van der Waals surface area contributed by atoms with Crippen LogP contribution >= 0.6 is 22.7 Å². The van der Waals surface area contributed by atoms with Gasteiger partial charge in [-0.15, -0.1) is 20.4 Å². The number of nitrogens with zero attached hydrogens (tertiary/aromatic N) is 8. The molecule has 0 aliphatic heterocycles. The highest BCUT2D eigenvalue weighted by molar-refractivity contribution is 7.17. The average molecular weight is 487 g/mol. The summed E-state index contributed by atoms with van der Waals surface area (Å²) in [6, 6.07) is 16.6. The van der Waals surface area contributed by atoms with Gasteiger partial charge in [0.05, 0.1) is 0 Å². The highest BCUT2D eigenvalue weighted by Gasteiger charge is 2.15. The van der Waals surface area contributed by atoms with E-state index >= 15 is 0 Å². The van der Waals surface area contributed by atoms with Gasteiger partial charge in [0.15, 0.2) is 11.6 Å². The maximum absolute atomic E-state index is 4.77. The molecular weight excluding hydrogens is 464 g/mol. The molecular formula is C24H22N8S2. The second kappa shape index (κ2) is 8.69. The van der Waals surface area contributed by atoms with Gasteiger partial charge in [-0.25, -0.2) is 0 Å². The van der Waals surface area contributed by atoms with Gasteiger partial charge in [-0.2, -0.15) is 19.2 Å². The third-order valence-corrected chi connectivity index (χ3v) is 7.63. The number of aromatic nitrogens is 8. The van der Waals surface area contributed by atoms with Crippen LogP contribution in [-0.2, 0) is 12.8 Å². The van der Waals surface area contributed by atoms with Gasteiger partial charge in [-0.1, -0.05) is 82.3 Å². The van der Waals surface area contributed by atoms with Crippen molar-refractivity contribution < 1.29 is 0 Å². The van der Waals surface area contributed by atoms with E-state index in [2.05, 4.69) is 82.8 Å². The number of hydrogen-bond donors (Lipinski definition) is 0. The standard InChI is InChI=1S/C24H22N8S2/c1-15-7-11-17(12-8-15)21-25-27-23-31(21)29-19(33-23)5-3-4-6-20-30-32-22(26-28-24(32)34-20)18-13-9-16(2)10-14-18/h7-14H,3-6H2,1-2H3. The molecule has 0 radical (unpaired) electrons. The van der Waals surface area contributed by atoms with Gasteiger partial charge in [0.25, 0.3) is 0 Å². The van der Waals surface area contributed by atoms with Crippen LogP contribution in [0.2, 0.25) is 0 Å². The third kappa shape index (κ3) is 3.99. The molecule has 0 spiro atoms. The highest BCUT2D eigenvalue weighted by Crippen LogP contribution is 2.25. The molecule has 6 aromatic rings. The fraction of sp³-hybridized carbons (Fsp3) is 0.250. The lowest BCUT2D eigenvalue weighted by atomic mass is 10.1. The second-order valence-corrected chi connectivity index (χ2v) is 10.4. The van der Waals surface area contributed by atoms with Crippen molar-refractivity contribution in [1.29, 1.82) is 0 Å². The largest absolute Gasteiger partial charge is 0.234 e. The van der Waals surface area contributed by atoms with Crippen molar-refractivity contribution in [2.24, 2.45) is 0 Å². The molecule has 8 nitrogen and oxygen atoms in total. The Balaban J connectivity index is 1.10. The molecule has 0 aliphatic carbocycles. The molecule has 0 atom stereocenters. The minimum Gasteiger partial charge on any atom is -0.183 e. The molecule has 0 saturated carbocycles. The molecule has 10 heteroatoms. The predicted molar refractivity (Wildman–Crippen MR) is 134 cm³/mol. The van der Waals surface area contributed by atoms with Crippen LogP contribution in [0.15, 0.2) is 48.5 Å². The SMILES string of the molecule is Cc1ccc(-c2nnc3sc(CCCCc4nn5c(-c6ccc(C)cc6)nnc5s4)nn23)cc1. The van der Waals surface area contributed by atoms with Crippen LogP contribution in [0.25, 0.3) is 32.7 Å². The molecule has 170 valence electrons. The van der Waals surface area contributed by atoms with Crippen molar-refractivity contribution >= 4 is 32.6 Å². The van der Waals surface area contributed by atoms with Gasteiger partial charge in [0.2, 0.25) is 9.92 Å². The summed E-state index contributed by atoms with van der Waals surface area (Å²) < 4.78 is 3.72. The van der Waals surface area contributed by atoms with Crippen molar-refractivity contribution in [3.05, 3.63) is 69.7 Å². The van der Waals surface area contributed by atoms with E-state index in [4.69, 9.17) is 10.2 Å². The molecule has 6 rings (SSSR count). The van der Waals surface area contributed by atoms with Gasteiger partial charge in [-0.3, -0.25) is 0 Å². The molecule has 0 aliphatic rings. The number of benzene rings is 2. The lowest BCUT2D eigenvalue weighted by molar-refractivity contribution is 0.710. The summed E-state index contributed by atoms with van der Waals surface area (Å²) >= 11 is 3.22. The Labute approximate surface area is 204 Å². The second-order valence-electron chi connectivity index (χ2n) is 8.37. The van der Waals surface area contributed by atoms with Crippen LogP contribution in [0.5, 0.6) is 0 Å². The number of rotatable bonds is 7. The normalized spacial score (nSPS) is 11.7. The van der Waals surface area contributed by atoms with E-state index in [-0.39, 0.29) is 0 Å². The number of fused-ring (bicyclic) bond motifs is 2. The molecule has 4 aromatic heterocycles. The van der Waals surface area contributed by atoms with Crippen molar-refractivity contribution in [2.75, 3.05) is 0 Å². The first-order valence-corrected chi connectivity index (χ1v) is 12.8. The van der Waals surface area contributed by atoms with Crippen LogP contribution in [0, 0.1) is 13.8 Å². The zero-order valence-electron chi connectivity index (χ0n) is 18.8. The van der Waals surface area contributed by atoms with E-state index in [1.165, 1.54) is 11.1 Å². The summed E-state index contributed by atoms with van der Waals surface area (Å²) in [5.74, 6) is 1.59. The van der Waals surface area contributed by atoms with Crippen molar-refractivity contribution in [3.8, 4) is 22.8 Å². The van der Waals surface area contributed by atoms with Gasteiger partial charge >= 0.3 is 0 Å². The predicted octanol–water partition coefficient (Wildman–Crippen LogP) is 5.20. The Morgan fingerprint density at radius 2 is 1.00 bits per heavy atom. The fourth-order valence-corrected chi connectivity index (χ4v) is 5.58. The summed E-state index contributed by atoms with van der Waals surface area (Å²) in [7, 11) is 0. The molecule has 2 aromatic carbocycles. The van der Waals surface area contributed by atoms with E-state index < -0.39 is 0 Å². The number of aryl methyl sites for hydroxylation is 4. The van der Waals surface area contributed by atoms with Crippen LogP contribution < -0.4 is 0 Å². The first kappa shape index (κ1) is 21.1. The molecule has 0 unspecified atom stereocenters. The Hall–Kier alpha value is -3.50. The van der Waals surface area contributed by atoms with E-state index in [0.717, 1.165) is 68.4 Å². The Morgan fingerprint density at radius 3 is 1.41 bits per heavy atom. The monoisotopic (exact) mass is 486 g/mol. The summed E-state index contributed by atoms with van der Waals surface area (Å²) in [5.41, 5.74) is 4.51. The lowest BCUT2D eigenvalue weighted by Crippen LogP contribution is -1.95. The van der Waals surface area contributed by atoms with Gasteiger partial charge in [0.1, 0.15) is 10.0 Å². The van der Waals surface area contributed by atoms with Crippen LogP contribution in [-0.4, -0.2) is 39.6 Å². The van der Waals surface area contributed by atoms with Gasteiger partial charge < -0.3 is 0 Å². The van der Waals surface area contributed by atoms with E-state index in [1.54, 1.807) is 22.7 Å². The zero-order valence-corrected chi connectivity index (χ0v) is 20.5. The molecule has 0 bridgehead atoms. The minimum atomic E-state index is 0.793. The number of unbranched alkanes of at least 4 members (excludes halogenated alkanes) is 1. The van der Waals surface area contributed by atoms with E-state index in [1.807, 2.05) is 9.03 Å². The van der Waals surface area contributed by atoms with Crippen LogP contribution in [0.4, 0.5) is 0 Å². The van der Waals surface area contributed by atoms with E-state index in [9.17, 15) is 0 Å². The number of hydrogen-bond acceptors (Lipinski definition) is 8. The molecule has 0 amide bonds. The summed E-state index contributed by atoms with van der Waals surface area (Å²) in [6.07, 6.45) is 3.91. The topological polar surface area (TPSA) is 86.2 Å².